The van der Waals surface area contributed by atoms with Crippen LogP contribution in [0, 0.1) is 6.92 Å². The number of esters is 1. The number of carbonyl (C=O) groups excluding carboxylic acids is 1. The third-order valence-corrected chi connectivity index (χ3v) is 2.43. The number of pyridine rings is 1. The number of hydrogen-bond donors (Lipinski definition) is 0. The van der Waals surface area contributed by atoms with Gasteiger partial charge in [0.2, 0.25) is 0 Å². The summed E-state index contributed by atoms with van der Waals surface area (Å²) in [5.74, 6) is 0.222. The van der Waals surface area contributed by atoms with Crippen molar-refractivity contribution in [3.8, 4) is 5.75 Å². The second kappa shape index (κ2) is 6.00. The van der Waals surface area contributed by atoms with Crippen LogP contribution in [0.25, 0.3) is 0 Å². The van der Waals surface area contributed by atoms with Crippen LogP contribution >= 0.6 is 0 Å². The smallest absolute Gasteiger partial charge is 0.306 e. The van der Waals surface area contributed by atoms with Gasteiger partial charge < -0.3 is 9.47 Å². The summed E-state index contributed by atoms with van der Waals surface area (Å²) < 4.78 is 10.8. The van der Waals surface area contributed by atoms with Crippen LogP contribution in [0.5, 0.6) is 5.75 Å². The first-order chi connectivity index (χ1) is 9.15. The zero-order chi connectivity index (χ0) is 13.7. The summed E-state index contributed by atoms with van der Waals surface area (Å²) in [5, 5.41) is 0. The Morgan fingerprint density at radius 2 is 2.05 bits per heavy atom. The van der Waals surface area contributed by atoms with Crippen LogP contribution < -0.4 is 4.74 Å². The van der Waals surface area contributed by atoms with Crippen LogP contribution in [0.1, 0.15) is 24.5 Å². The standard InChI is InChI=1S/C15H15NO3/c1-11-6-5-7-13(10-11)19-15(18-12(2)17)14-8-3-4-9-16-14/h3-10,15H,1-2H3. The van der Waals surface area contributed by atoms with Crippen LogP contribution in [0.2, 0.25) is 0 Å². The highest BCUT2D eigenvalue weighted by Crippen LogP contribution is 2.22. The highest BCUT2D eigenvalue weighted by atomic mass is 16.7. The maximum Gasteiger partial charge on any atom is 0.306 e. The molecule has 1 atom stereocenters. The Kier molecular flexibility index (Phi) is 4.13. The number of aromatic nitrogens is 1. The van der Waals surface area contributed by atoms with Gasteiger partial charge in [0.25, 0.3) is 6.29 Å². The Labute approximate surface area is 112 Å². The fraction of sp³-hybridized carbons (Fsp3) is 0.200. The van der Waals surface area contributed by atoms with E-state index in [0.717, 1.165) is 5.56 Å². The van der Waals surface area contributed by atoms with E-state index in [9.17, 15) is 4.79 Å². The summed E-state index contributed by atoms with van der Waals surface area (Å²) in [4.78, 5) is 15.3. The van der Waals surface area contributed by atoms with Crippen molar-refractivity contribution in [2.45, 2.75) is 20.1 Å². The van der Waals surface area contributed by atoms with Crippen molar-refractivity contribution < 1.29 is 14.3 Å². The Balaban J connectivity index is 2.21. The van der Waals surface area contributed by atoms with Crippen molar-refractivity contribution in [3.05, 3.63) is 59.9 Å². The Bertz CT molecular complexity index is 554. The fourth-order valence-electron chi connectivity index (χ4n) is 1.62. The molecule has 0 aliphatic heterocycles. The quantitative estimate of drug-likeness (QED) is 0.624. The molecule has 0 N–H and O–H groups in total. The van der Waals surface area contributed by atoms with Crippen LogP contribution in [0.3, 0.4) is 0 Å². The number of nitrogens with zero attached hydrogens (tertiary/aromatic N) is 1. The summed E-state index contributed by atoms with van der Waals surface area (Å²) in [6, 6.07) is 12.9. The Hall–Kier alpha value is -2.36. The van der Waals surface area contributed by atoms with Crippen LogP contribution in [-0.2, 0) is 9.53 Å². The normalized spacial score (nSPS) is 11.7. The summed E-state index contributed by atoms with van der Waals surface area (Å²) in [5.41, 5.74) is 1.62. The molecule has 1 heterocycles. The maximum atomic E-state index is 11.2. The number of hydrogen-bond acceptors (Lipinski definition) is 4. The molecule has 4 nitrogen and oxygen atoms in total. The first-order valence-electron chi connectivity index (χ1n) is 5.96. The van der Waals surface area contributed by atoms with Gasteiger partial charge in [0, 0.05) is 13.1 Å². The molecule has 2 aromatic rings. The number of carbonyl (C=O) groups is 1. The van der Waals surface area contributed by atoms with Gasteiger partial charge in [-0.15, -0.1) is 0 Å². The molecule has 0 bridgehead atoms. The maximum absolute atomic E-state index is 11.2. The third-order valence-electron chi connectivity index (χ3n) is 2.43. The molecule has 0 amide bonds. The predicted molar refractivity (Wildman–Crippen MR) is 70.6 cm³/mol. The topological polar surface area (TPSA) is 48.4 Å². The summed E-state index contributed by atoms with van der Waals surface area (Å²) >= 11 is 0. The van der Waals surface area contributed by atoms with Crippen molar-refractivity contribution in [1.82, 2.24) is 4.98 Å². The molecule has 0 radical (unpaired) electrons. The highest BCUT2D eigenvalue weighted by molar-refractivity contribution is 5.66. The van der Waals surface area contributed by atoms with E-state index in [1.165, 1.54) is 6.92 Å². The first-order valence-corrected chi connectivity index (χ1v) is 5.96. The first kappa shape index (κ1) is 13.1. The molecule has 1 aromatic heterocycles. The van der Waals surface area contributed by atoms with E-state index in [-0.39, 0.29) is 0 Å². The molecule has 0 fully saturated rings. The Morgan fingerprint density at radius 1 is 1.21 bits per heavy atom. The minimum absolute atomic E-state index is 0.414. The zero-order valence-electron chi connectivity index (χ0n) is 10.9. The minimum Gasteiger partial charge on any atom is -0.449 e. The lowest BCUT2D eigenvalue weighted by atomic mass is 10.2. The summed E-state index contributed by atoms with van der Waals surface area (Å²) in [7, 11) is 0. The SMILES string of the molecule is CC(=O)OC(Oc1cccc(C)c1)c1ccccn1. The number of aryl methyl sites for hydroxylation is 1. The van der Waals surface area contributed by atoms with Gasteiger partial charge in [0.05, 0.1) is 0 Å². The molecule has 0 saturated heterocycles. The van der Waals surface area contributed by atoms with Gasteiger partial charge in [-0.3, -0.25) is 9.78 Å². The number of rotatable bonds is 4. The highest BCUT2D eigenvalue weighted by Gasteiger charge is 2.17. The van der Waals surface area contributed by atoms with Gasteiger partial charge in [-0.1, -0.05) is 18.2 Å². The molecule has 0 saturated carbocycles. The van der Waals surface area contributed by atoms with E-state index in [1.54, 1.807) is 18.3 Å². The average Bonchev–Trinajstić information content (AvgIpc) is 2.38. The lowest BCUT2D eigenvalue weighted by Crippen LogP contribution is -2.16. The largest absolute Gasteiger partial charge is 0.449 e. The average molecular weight is 257 g/mol. The van der Waals surface area contributed by atoms with Crippen LogP contribution in [0.15, 0.2) is 48.7 Å². The Morgan fingerprint density at radius 3 is 2.68 bits per heavy atom. The molecule has 4 heteroatoms. The fourth-order valence-corrected chi connectivity index (χ4v) is 1.62. The third kappa shape index (κ3) is 3.81. The predicted octanol–water partition coefficient (Wildman–Crippen LogP) is 3.03. The number of benzene rings is 1. The lowest BCUT2D eigenvalue weighted by molar-refractivity contribution is -0.162. The van der Waals surface area contributed by atoms with E-state index in [1.807, 2.05) is 37.3 Å². The van der Waals surface area contributed by atoms with Crippen molar-refractivity contribution in [2.24, 2.45) is 0 Å². The van der Waals surface area contributed by atoms with Gasteiger partial charge in [-0.2, -0.15) is 0 Å². The van der Waals surface area contributed by atoms with E-state index < -0.39 is 12.3 Å². The van der Waals surface area contributed by atoms with Gasteiger partial charge >= 0.3 is 5.97 Å². The molecular formula is C15H15NO3. The zero-order valence-corrected chi connectivity index (χ0v) is 10.9. The molecule has 2 rings (SSSR count). The van der Waals surface area contributed by atoms with E-state index in [0.29, 0.717) is 11.4 Å². The minimum atomic E-state index is -0.833. The number of ether oxygens (including phenoxy) is 2. The second-order valence-corrected chi connectivity index (χ2v) is 4.13. The van der Waals surface area contributed by atoms with Gasteiger partial charge in [-0.25, -0.2) is 0 Å². The molecule has 98 valence electrons. The van der Waals surface area contributed by atoms with E-state index in [2.05, 4.69) is 4.98 Å². The van der Waals surface area contributed by atoms with Crippen molar-refractivity contribution in [1.29, 1.82) is 0 Å². The lowest BCUT2D eigenvalue weighted by Gasteiger charge is -2.18. The van der Waals surface area contributed by atoms with Gasteiger partial charge in [0.15, 0.2) is 0 Å². The van der Waals surface area contributed by atoms with Crippen LogP contribution in [0.4, 0.5) is 0 Å². The summed E-state index contributed by atoms with van der Waals surface area (Å²) in [6.45, 7) is 3.31. The molecular weight excluding hydrogens is 242 g/mol. The van der Waals surface area contributed by atoms with Crippen molar-refractivity contribution in [3.63, 3.8) is 0 Å². The molecule has 19 heavy (non-hydrogen) atoms. The molecule has 0 aliphatic carbocycles. The molecule has 0 spiro atoms. The monoisotopic (exact) mass is 257 g/mol. The van der Waals surface area contributed by atoms with Gasteiger partial charge in [0.1, 0.15) is 11.4 Å². The van der Waals surface area contributed by atoms with E-state index >= 15 is 0 Å². The molecule has 1 unspecified atom stereocenters. The van der Waals surface area contributed by atoms with E-state index in [4.69, 9.17) is 9.47 Å². The van der Waals surface area contributed by atoms with Crippen molar-refractivity contribution in [2.75, 3.05) is 0 Å². The van der Waals surface area contributed by atoms with Crippen molar-refractivity contribution >= 4 is 5.97 Å². The van der Waals surface area contributed by atoms with Gasteiger partial charge in [-0.05, 0) is 36.8 Å². The molecule has 0 aliphatic rings. The van der Waals surface area contributed by atoms with Crippen LogP contribution in [-0.4, -0.2) is 11.0 Å². The molecule has 1 aromatic carbocycles. The second-order valence-electron chi connectivity index (χ2n) is 4.13. The summed E-state index contributed by atoms with van der Waals surface area (Å²) in [6.07, 6.45) is 0.798.